The Kier molecular flexibility index (Phi) is 5.06. The predicted octanol–water partition coefficient (Wildman–Crippen LogP) is 4.23. The first-order valence-corrected chi connectivity index (χ1v) is 6.94. The summed E-state index contributed by atoms with van der Waals surface area (Å²) >= 11 is 5.80. The topological polar surface area (TPSA) is 50.4 Å². The molecular formula is C16H17ClN2O2. The van der Waals surface area contributed by atoms with Crippen LogP contribution in [0.25, 0.3) is 0 Å². The second-order valence-electron chi connectivity index (χ2n) is 4.57. The first-order valence-electron chi connectivity index (χ1n) is 6.56. The predicted molar refractivity (Wildman–Crippen MR) is 85.0 cm³/mol. The average Bonchev–Trinajstić information content (AvgIpc) is 2.49. The average molecular weight is 305 g/mol. The van der Waals surface area contributed by atoms with E-state index in [9.17, 15) is 4.79 Å². The molecule has 1 atom stereocenters. The summed E-state index contributed by atoms with van der Waals surface area (Å²) < 4.78 is 5.29. The van der Waals surface area contributed by atoms with Crippen molar-refractivity contribution in [1.82, 2.24) is 5.32 Å². The Balaban J connectivity index is 2.00. The third-order valence-electron chi connectivity index (χ3n) is 3.06. The molecule has 2 amide bonds. The molecule has 2 N–H and O–H groups in total. The highest BCUT2D eigenvalue weighted by atomic mass is 35.5. The van der Waals surface area contributed by atoms with Crippen molar-refractivity contribution in [3.63, 3.8) is 0 Å². The zero-order valence-corrected chi connectivity index (χ0v) is 12.6. The summed E-state index contributed by atoms with van der Waals surface area (Å²) in [5, 5.41) is 6.26. The van der Waals surface area contributed by atoms with Crippen LogP contribution in [0.4, 0.5) is 10.5 Å². The number of benzene rings is 2. The van der Waals surface area contributed by atoms with Gasteiger partial charge in [-0.1, -0.05) is 29.8 Å². The number of halogens is 1. The largest absolute Gasteiger partial charge is 0.496 e. The van der Waals surface area contributed by atoms with E-state index in [1.165, 1.54) is 0 Å². The molecule has 5 heteroatoms. The summed E-state index contributed by atoms with van der Waals surface area (Å²) in [4.78, 5) is 12.0. The lowest BCUT2D eigenvalue weighted by atomic mass is 10.1. The van der Waals surface area contributed by atoms with Gasteiger partial charge in [0.1, 0.15) is 5.75 Å². The molecule has 0 spiro atoms. The van der Waals surface area contributed by atoms with Gasteiger partial charge in [-0.05, 0) is 37.3 Å². The van der Waals surface area contributed by atoms with Gasteiger partial charge in [-0.3, -0.25) is 0 Å². The van der Waals surface area contributed by atoms with Crippen LogP contribution in [0.3, 0.4) is 0 Å². The van der Waals surface area contributed by atoms with Gasteiger partial charge < -0.3 is 15.4 Å². The van der Waals surface area contributed by atoms with Gasteiger partial charge in [-0.25, -0.2) is 4.79 Å². The summed E-state index contributed by atoms with van der Waals surface area (Å²) in [6, 6.07) is 14.1. The monoisotopic (exact) mass is 304 g/mol. The van der Waals surface area contributed by atoms with Crippen LogP contribution >= 0.6 is 11.6 Å². The van der Waals surface area contributed by atoms with E-state index >= 15 is 0 Å². The number of amides is 2. The third-order valence-corrected chi connectivity index (χ3v) is 3.31. The second-order valence-corrected chi connectivity index (χ2v) is 5.01. The molecule has 0 aliphatic rings. The maximum Gasteiger partial charge on any atom is 0.319 e. The van der Waals surface area contributed by atoms with Crippen molar-refractivity contribution in [1.29, 1.82) is 0 Å². The molecular weight excluding hydrogens is 288 g/mol. The second kappa shape index (κ2) is 6.99. The summed E-state index contributed by atoms with van der Waals surface area (Å²) in [6.07, 6.45) is 0. The normalized spacial score (nSPS) is 11.6. The molecule has 0 saturated carbocycles. The molecule has 2 aromatic rings. The van der Waals surface area contributed by atoms with E-state index in [-0.39, 0.29) is 12.1 Å². The van der Waals surface area contributed by atoms with Gasteiger partial charge >= 0.3 is 6.03 Å². The van der Waals surface area contributed by atoms with E-state index in [4.69, 9.17) is 16.3 Å². The van der Waals surface area contributed by atoms with Crippen LogP contribution in [0.2, 0.25) is 5.02 Å². The van der Waals surface area contributed by atoms with E-state index in [2.05, 4.69) is 10.6 Å². The van der Waals surface area contributed by atoms with Crippen molar-refractivity contribution >= 4 is 23.3 Å². The van der Waals surface area contributed by atoms with Crippen LogP contribution in [0.15, 0.2) is 48.5 Å². The number of carbonyl (C=O) groups excluding carboxylic acids is 1. The smallest absolute Gasteiger partial charge is 0.319 e. The van der Waals surface area contributed by atoms with Crippen molar-refractivity contribution in [2.45, 2.75) is 13.0 Å². The van der Waals surface area contributed by atoms with Crippen molar-refractivity contribution < 1.29 is 9.53 Å². The quantitative estimate of drug-likeness (QED) is 0.888. The number of carbonyl (C=O) groups is 1. The molecule has 110 valence electrons. The number of hydrogen-bond donors (Lipinski definition) is 2. The minimum absolute atomic E-state index is 0.173. The lowest BCUT2D eigenvalue weighted by Gasteiger charge is -2.17. The fourth-order valence-electron chi connectivity index (χ4n) is 2.00. The Morgan fingerprint density at radius 3 is 2.48 bits per heavy atom. The Bertz CT molecular complexity index is 614. The maximum absolute atomic E-state index is 12.0. The Morgan fingerprint density at radius 1 is 1.14 bits per heavy atom. The number of urea groups is 1. The maximum atomic E-state index is 12.0. The minimum atomic E-state index is -0.282. The molecule has 4 nitrogen and oxygen atoms in total. The molecule has 2 aromatic carbocycles. The molecule has 0 heterocycles. The number of methoxy groups -OCH3 is 1. The number of para-hydroxylation sites is 1. The molecule has 2 rings (SSSR count). The van der Waals surface area contributed by atoms with Gasteiger partial charge in [0.15, 0.2) is 0 Å². The van der Waals surface area contributed by atoms with Crippen LogP contribution in [-0.4, -0.2) is 13.1 Å². The van der Waals surface area contributed by atoms with Gasteiger partial charge in [-0.2, -0.15) is 0 Å². The lowest BCUT2D eigenvalue weighted by Crippen LogP contribution is -2.31. The molecule has 0 unspecified atom stereocenters. The van der Waals surface area contributed by atoms with E-state index in [0.717, 1.165) is 11.3 Å². The molecule has 0 aliphatic carbocycles. The highest BCUT2D eigenvalue weighted by Crippen LogP contribution is 2.24. The Morgan fingerprint density at radius 2 is 1.81 bits per heavy atom. The zero-order valence-electron chi connectivity index (χ0n) is 11.9. The van der Waals surface area contributed by atoms with E-state index in [1.54, 1.807) is 31.4 Å². The number of ether oxygens (including phenoxy) is 1. The van der Waals surface area contributed by atoms with Crippen LogP contribution < -0.4 is 15.4 Å². The summed E-state index contributed by atoms with van der Waals surface area (Å²) in [6.45, 7) is 1.90. The van der Waals surface area contributed by atoms with Crippen molar-refractivity contribution in [2.24, 2.45) is 0 Å². The SMILES string of the molecule is COc1ccccc1[C@@H](C)NC(=O)Nc1ccc(Cl)cc1. The first-order chi connectivity index (χ1) is 10.1. The fourth-order valence-corrected chi connectivity index (χ4v) is 2.12. The molecule has 0 radical (unpaired) electrons. The summed E-state index contributed by atoms with van der Waals surface area (Å²) in [7, 11) is 1.61. The Hall–Kier alpha value is -2.20. The van der Waals surface area contributed by atoms with Gasteiger partial charge in [0.25, 0.3) is 0 Å². The first kappa shape index (κ1) is 15.2. The van der Waals surface area contributed by atoms with Crippen molar-refractivity contribution in [2.75, 3.05) is 12.4 Å². The van der Waals surface area contributed by atoms with E-state index in [0.29, 0.717) is 10.7 Å². The van der Waals surface area contributed by atoms with Gasteiger partial charge in [0.2, 0.25) is 0 Å². The number of hydrogen-bond acceptors (Lipinski definition) is 2. The van der Waals surface area contributed by atoms with Crippen LogP contribution in [0.1, 0.15) is 18.5 Å². The molecule has 21 heavy (non-hydrogen) atoms. The molecule has 0 fully saturated rings. The molecule has 0 aromatic heterocycles. The molecule has 0 aliphatic heterocycles. The highest BCUT2D eigenvalue weighted by Gasteiger charge is 2.13. The third kappa shape index (κ3) is 4.13. The molecule has 0 saturated heterocycles. The van der Waals surface area contributed by atoms with Crippen LogP contribution in [0, 0.1) is 0 Å². The fraction of sp³-hybridized carbons (Fsp3) is 0.188. The van der Waals surface area contributed by atoms with Crippen molar-refractivity contribution in [3.8, 4) is 5.75 Å². The van der Waals surface area contributed by atoms with Gasteiger partial charge in [0.05, 0.1) is 13.2 Å². The summed E-state index contributed by atoms with van der Waals surface area (Å²) in [5.41, 5.74) is 1.61. The summed E-state index contributed by atoms with van der Waals surface area (Å²) in [5.74, 6) is 0.747. The van der Waals surface area contributed by atoms with Crippen molar-refractivity contribution in [3.05, 3.63) is 59.1 Å². The zero-order chi connectivity index (χ0) is 15.2. The van der Waals surface area contributed by atoms with Crippen LogP contribution in [-0.2, 0) is 0 Å². The number of anilines is 1. The van der Waals surface area contributed by atoms with E-state index in [1.807, 2.05) is 31.2 Å². The minimum Gasteiger partial charge on any atom is -0.496 e. The van der Waals surface area contributed by atoms with Gasteiger partial charge in [-0.15, -0.1) is 0 Å². The number of rotatable bonds is 4. The van der Waals surface area contributed by atoms with Crippen LogP contribution in [0.5, 0.6) is 5.75 Å². The number of nitrogens with one attached hydrogen (secondary N) is 2. The standard InChI is InChI=1S/C16H17ClN2O2/c1-11(14-5-3-4-6-15(14)21-2)18-16(20)19-13-9-7-12(17)8-10-13/h3-11H,1-2H3,(H2,18,19,20)/t11-/m1/s1. The highest BCUT2D eigenvalue weighted by molar-refractivity contribution is 6.30. The Labute approximate surface area is 129 Å². The lowest BCUT2D eigenvalue weighted by molar-refractivity contribution is 0.249. The molecule has 0 bridgehead atoms. The van der Waals surface area contributed by atoms with E-state index < -0.39 is 0 Å². The van der Waals surface area contributed by atoms with Gasteiger partial charge in [0, 0.05) is 16.3 Å².